The Bertz CT molecular complexity index is 432. The molecule has 0 saturated heterocycles. The van der Waals surface area contributed by atoms with Gasteiger partial charge in [-0.25, -0.2) is 0 Å². The Morgan fingerprint density at radius 1 is 1.08 bits per heavy atom. The van der Waals surface area contributed by atoms with E-state index < -0.39 is 0 Å². The molecule has 0 unspecified atom stereocenters. The molecule has 0 aliphatic heterocycles. The van der Waals surface area contributed by atoms with Crippen molar-refractivity contribution in [2.75, 3.05) is 0 Å². The molecule has 12 heavy (non-hydrogen) atoms. The molecule has 0 atom stereocenters. The molecule has 2 rings (SSSR count). The minimum Gasteiger partial charge on any atom is -0.0616 e. The minimum atomic E-state index is 0.681. The zero-order chi connectivity index (χ0) is 9.26. The molecule has 60 valence electrons. The zero-order valence-electron chi connectivity index (χ0n) is 8.17. The lowest BCUT2D eigenvalue weighted by Gasteiger charge is -1.99. The van der Waals surface area contributed by atoms with Crippen LogP contribution >= 0.6 is 0 Å². The summed E-state index contributed by atoms with van der Waals surface area (Å²) in [7, 11) is 0. The van der Waals surface area contributed by atoms with Crippen LogP contribution < -0.4 is 0 Å². The van der Waals surface area contributed by atoms with Gasteiger partial charge in [0.25, 0.3) is 0 Å². The highest BCUT2D eigenvalue weighted by Crippen LogP contribution is 2.15. The van der Waals surface area contributed by atoms with Crippen LogP contribution in [0, 0.1) is 0 Å². The Hall–Kier alpha value is -1.30. The van der Waals surface area contributed by atoms with E-state index in [1.54, 1.807) is 0 Å². The molecule has 0 heteroatoms. The van der Waals surface area contributed by atoms with Gasteiger partial charge in [-0.1, -0.05) is 49.4 Å². The largest absolute Gasteiger partial charge is 0.0632 e. The fraction of sp³-hybridized carbons (Fsp3) is 0.167. The summed E-state index contributed by atoms with van der Waals surface area (Å²) in [5.41, 5.74) is 1.12. The smallest absolute Gasteiger partial charge is 0.0616 e. The highest BCUT2D eigenvalue weighted by atomic mass is 14.0. The summed E-state index contributed by atoms with van der Waals surface area (Å²) >= 11 is 0. The number of aryl methyl sites for hydroxylation is 1. The third-order valence-corrected chi connectivity index (χ3v) is 2.10. The summed E-state index contributed by atoms with van der Waals surface area (Å²) < 4.78 is 7.94. The molecule has 0 radical (unpaired) electrons. The van der Waals surface area contributed by atoms with Crippen LogP contribution in [0.5, 0.6) is 0 Å². The van der Waals surface area contributed by atoms with Crippen LogP contribution in [0.2, 0.25) is 0 Å². The number of hydrogen-bond donors (Lipinski definition) is 0. The van der Waals surface area contributed by atoms with Gasteiger partial charge in [0, 0.05) is 0 Å². The summed E-state index contributed by atoms with van der Waals surface area (Å²) in [5, 5.41) is 2.21. The van der Waals surface area contributed by atoms with Crippen molar-refractivity contribution in [1.29, 1.82) is 0 Å². The molecule has 0 saturated carbocycles. The first-order valence-electron chi connectivity index (χ1n) is 4.80. The first-order chi connectivity index (χ1) is 6.33. The van der Waals surface area contributed by atoms with Gasteiger partial charge in [-0.05, 0) is 22.8 Å². The lowest BCUT2D eigenvalue weighted by molar-refractivity contribution is 1.15. The van der Waals surface area contributed by atoms with Gasteiger partial charge in [-0.15, -0.1) is 0 Å². The van der Waals surface area contributed by atoms with Crippen LogP contribution in [0.25, 0.3) is 10.8 Å². The quantitative estimate of drug-likeness (QED) is 0.595. The standard InChI is InChI=1S/C12H12/c1-2-10-7-8-11-5-3-4-6-12(11)9-10/h3-9H,2H2,1H3/i9D. The average Bonchev–Trinajstić information content (AvgIpc) is 2.19. The molecule has 0 heterocycles. The zero-order valence-corrected chi connectivity index (χ0v) is 7.17. The van der Waals surface area contributed by atoms with E-state index in [0.717, 1.165) is 22.8 Å². The van der Waals surface area contributed by atoms with E-state index in [9.17, 15) is 0 Å². The summed E-state index contributed by atoms with van der Waals surface area (Å²) in [6, 6.07) is 12.9. The van der Waals surface area contributed by atoms with Crippen molar-refractivity contribution in [2.45, 2.75) is 13.3 Å². The fourth-order valence-corrected chi connectivity index (χ4v) is 1.37. The molecule has 2 aromatic rings. The monoisotopic (exact) mass is 157 g/mol. The van der Waals surface area contributed by atoms with Crippen LogP contribution in [0.3, 0.4) is 0 Å². The Morgan fingerprint density at radius 3 is 2.58 bits per heavy atom. The Labute approximate surface area is 74.2 Å². The second kappa shape index (κ2) is 2.98. The second-order valence-electron chi connectivity index (χ2n) is 2.92. The number of fused-ring (bicyclic) bond motifs is 1. The van der Waals surface area contributed by atoms with Crippen molar-refractivity contribution in [3.05, 3.63) is 48.0 Å². The van der Waals surface area contributed by atoms with E-state index >= 15 is 0 Å². The summed E-state index contributed by atoms with van der Waals surface area (Å²) in [5.74, 6) is 0. The van der Waals surface area contributed by atoms with Crippen LogP contribution in [0.4, 0.5) is 0 Å². The molecular weight excluding hydrogens is 144 g/mol. The second-order valence-corrected chi connectivity index (χ2v) is 2.92. The molecule has 0 amide bonds. The Morgan fingerprint density at radius 2 is 1.83 bits per heavy atom. The Balaban J connectivity index is 2.79. The van der Waals surface area contributed by atoms with Crippen LogP contribution in [-0.4, -0.2) is 0 Å². The van der Waals surface area contributed by atoms with Crippen molar-refractivity contribution < 1.29 is 1.37 Å². The van der Waals surface area contributed by atoms with Gasteiger partial charge in [0.1, 0.15) is 0 Å². The van der Waals surface area contributed by atoms with Crippen LogP contribution in [0.1, 0.15) is 13.9 Å². The molecule has 0 fully saturated rings. The van der Waals surface area contributed by atoms with Gasteiger partial charge in [0.05, 0.1) is 1.37 Å². The van der Waals surface area contributed by atoms with Crippen LogP contribution in [0.15, 0.2) is 42.4 Å². The van der Waals surface area contributed by atoms with E-state index in [1.807, 2.05) is 30.3 Å². The van der Waals surface area contributed by atoms with Crippen molar-refractivity contribution in [3.63, 3.8) is 0 Å². The topological polar surface area (TPSA) is 0 Å². The third-order valence-electron chi connectivity index (χ3n) is 2.10. The lowest BCUT2D eigenvalue weighted by atomic mass is 10.1. The maximum absolute atomic E-state index is 7.94. The van der Waals surface area contributed by atoms with Gasteiger partial charge in [-0.3, -0.25) is 0 Å². The first-order valence-corrected chi connectivity index (χ1v) is 4.30. The summed E-state index contributed by atoms with van der Waals surface area (Å²) in [6.07, 6.45) is 0.934. The van der Waals surface area contributed by atoms with E-state index in [1.165, 1.54) is 0 Å². The van der Waals surface area contributed by atoms with Crippen molar-refractivity contribution in [3.8, 4) is 0 Å². The predicted molar refractivity (Wildman–Crippen MR) is 53.3 cm³/mol. The highest BCUT2D eigenvalue weighted by molar-refractivity contribution is 5.82. The van der Waals surface area contributed by atoms with Gasteiger partial charge < -0.3 is 0 Å². The minimum absolute atomic E-state index is 0.681. The molecule has 0 nitrogen and oxygen atoms in total. The normalized spacial score (nSPS) is 11.6. The average molecular weight is 157 g/mol. The van der Waals surface area contributed by atoms with Crippen molar-refractivity contribution in [2.24, 2.45) is 0 Å². The first kappa shape index (κ1) is 6.24. The van der Waals surface area contributed by atoms with Gasteiger partial charge in [0.15, 0.2) is 0 Å². The van der Waals surface area contributed by atoms with Gasteiger partial charge >= 0.3 is 0 Å². The summed E-state index contributed by atoms with van der Waals surface area (Å²) in [4.78, 5) is 0. The highest BCUT2D eigenvalue weighted by Gasteiger charge is 1.92. The molecule has 0 aliphatic carbocycles. The van der Waals surface area contributed by atoms with Gasteiger partial charge in [-0.2, -0.15) is 0 Å². The molecule has 0 spiro atoms. The van der Waals surface area contributed by atoms with Crippen molar-refractivity contribution >= 4 is 10.8 Å². The number of hydrogen-bond acceptors (Lipinski definition) is 0. The SMILES string of the molecule is [2H]c1c(CC)ccc2ccccc12. The summed E-state index contributed by atoms with van der Waals surface area (Å²) in [6.45, 7) is 2.09. The van der Waals surface area contributed by atoms with E-state index in [0.29, 0.717) is 6.04 Å². The maximum atomic E-state index is 7.94. The number of benzene rings is 2. The van der Waals surface area contributed by atoms with Crippen LogP contribution in [-0.2, 0) is 6.42 Å². The number of rotatable bonds is 1. The molecule has 2 aromatic carbocycles. The molecule has 0 N–H and O–H groups in total. The third kappa shape index (κ3) is 1.20. The van der Waals surface area contributed by atoms with E-state index in [-0.39, 0.29) is 0 Å². The van der Waals surface area contributed by atoms with Crippen molar-refractivity contribution in [1.82, 2.24) is 0 Å². The fourth-order valence-electron chi connectivity index (χ4n) is 1.37. The Kier molecular flexibility index (Phi) is 1.55. The molecule has 0 aromatic heterocycles. The van der Waals surface area contributed by atoms with Gasteiger partial charge in [0.2, 0.25) is 0 Å². The lowest BCUT2D eigenvalue weighted by Crippen LogP contribution is -1.79. The maximum Gasteiger partial charge on any atom is 0.0632 e. The molecule has 0 aliphatic rings. The predicted octanol–water partition coefficient (Wildman–Crippen LogP) is 3.40. The van der Waals surface area contributed by atoms with E-state index in [2.05, 4.69) is 13.0 Å². The molecular formula is C12H12. The van der Waals surface area contributed by atoms with E-state index in [4.69, 9.17) is 1.37 Å². The molecule has 0 bridgehead atoms.